The molecule has 0 heterocycles. The monoisotopic (exact) mass is 628 g/mol. The fraction of sp³-hybridized carbons (Fsp3) is 0.0476. The van der Waals surface area contributed by atoms with Crippen molar-refractivity contribution in [2.24, 2.45) is 0 Å². The Balaban J connectivity index is 1.53. The first-order valence-corrected chi connectivity index (χ1v) is 15.6. The van der Waals surface area contributed by atoms with Crippen LogP contribution in [0.2, 0.25) is 0 Å². The summed E-state index contributed by atoms with van der Waals surface area (Å²) in [5, 5.41) is 4.24. The summed E-state index contributed by atoms with van der Waals surface area (Å²) >= 11 is 0. The van der Waals surface area contributed by atoms with Crippen LogP contribution in [0.15, 0.2) is 158 Å². The molecule has 7 aromatic rings. The topological polar surface area (TPSA) is 59.1 Å². The van der Waals surface area contributed by atoms with Crippen molar-refractivity contribution in [2.45, 2.75) is 0 Å². The van der Waals surface area contributed by atoms with Crippen LogP contribution >= 0.6 is 0 Å². The molecule has 0 unspecified atom stereocenters. The second-order valence-corrected chi connectivity index (χ2v) is 11.3. The average Bonchev–Trinajstić information content (AvgIpc) is 3.15. The van der Waals surface area contributed by atoms with Gasteiger partial charge in [-0.05, 0) is 82.2 Å². The van der Waals surface area contributed by atoms with Gasteiger partial charge in [0, 0.05) is 22.7 Å². The second kappa shape index (κ2) is 13.1. The second-order valence-electron chi connectivity index (χ2n) is 11.3. The van der Waals surface area contributed by atoms with Crippen LogP contribution in [-0.2, 0) is 9.47 Å². The SMILES string of the molecule is COC(=O)c1cc(N(c2ccccc2)c2ccc3ccccc3c2)c(C(=O)OC)cc1N(c1ccccc1)c1ccc2ccccc2c1. The van der Waals surface area contributed by atoms with E-state index in [1.807, 2.05) is 131 Å². The summed E-state index contributed by atoms with van der Waals surface area (Å²) in [6.07, 6.45) is 0. The van der Waals surface area contributed by atoms with Crippen LogP contribution in [0.1, 0.15) is 20.7 Å². The number of carbonyl (C=O) groups is 2. The zero-order chi connectivity index (χ0) is 33.0. The predicted octanol–water partition coefficient (Wildman–Crippen LogP) is 10.5. The zero-order valence-corrected chi connectivity index (χ0v) is 26.5. The molecule has 0 aliphatic carbocycles. The van der Waals surface area contributed by atoms with Crippen LogP contribution in [0.3, 0.4) is 0 Å². The number of anilines is 6. The summed E-state index contributed by atoms with van der Waals surface area (Å²) in [4.78, 5) is 31.5. The molecule has 0 bridgehead atoms. The van der Waals surface area contributed by atoms with E-state index in [0.717, 1.165) is 44.3 Å². The van der Waals surface area contributed by atoms with Gasteiger partial charge in [0.25, 0.3) is 0 Å². The van der Waals surface area contributed by atoms with Crippen molar-refractivity contribution in [1.29, 1.82) is 0 Å². The Kier molecular flexibility index (Phi) is 8.29. The van der Waals surface area contributed by atoms with E-state index >= 15 is 0 Å². The lowest BCUT2D eigenvalue weighted by Gasteiger charge is -2.31. The maximum absolute atomic E-state index is 13.8. The lowest BCUT2D eigenvalue weighted by molar-refractivity contribution is 0.0588. The van der Waals surface area contributed by atoms with Crippen molar-refractivity contribution in [1.82, 2.24) is 0 Å². The molecule has 0 radical (unpaired) electrons. The van der Waals surface area contributed by atoms with Gasteiger partial charge >= 0.3 is 11.9 Å². The highest BCUT2D eigenvalue weighted by Gasteiger charge is 2.29. The van der Waals surface area contributed by atoms with Gasteiger partial charge in [-0.2, -0.15) is 0 Å². The fourth-order valence-corrected chi connectivity index (χ4v) is 6.13. The Bertz CT molecular complexity index is 2110. The first-order valence-electron chi connectivity index (χ1n) is 15.6. The zero-order valence-electron chi connectivity index (χ0n) is 26.5. The van der Waals surface area contributed by atoms with Gasteiger partial charge < -0.3 is 19.3 Å². The smallest absolute Gasteiger partial charge is 0.340 e. The molecule has 0 aliphatic rings. The molecule has 0 aromatic heterocycles. The Labute approximate surface area is 279 Å². The highest BCUT2D eigenvalue weighted by Crippen LogP contribution is 2.44. The summed E-state index contributed by atoms with van der Waals surface area (Å²) in [6, 6.07) is 51.4. The Morgan fingerprint density at radius 1 is 0.396 bits per heavy atom. The van der Waals surface area contributed by atoms with Gasteiger partial charge in [-0.25, -0.2) is 9.59 Å². The minimum absolute atomic E-state index is 0.277. The van der Waals surface area contributed by atoms with Crippen LogP contribution in [-0.4, -0.2) is 26.2 Å². The molecule has 7 aromatic carbocycles. The Hall–Kier alpha value is -6.40. The van der Waals surface area contributed by atoms with Crippen molar-refractivity contribution in [3.8, 4) is 0 Å². The first kappa shape index (κ1) is 30.3. The number of rotatable bonds is 8. The summed E-state index contributed by atoms with van der Waals surface area (Å²) < 4.78 is 10.8. The first-order chi connectivity index (χ1) is 23.6. The molecule has 0 saturated heterocycles. The van der Waals surface area contributed by atoms with Crippen LogP contribution in [0.4, 0.5) is 34.1 Å². The van der Waals surface area contributed by atoms with E-state index in [2.05, 4.69) is 24.3 Å². The lowest BCUT2D eigenvalue weighted by Crippen LogP contribution is -2.20. The minimum Gasteiger partial charge on any atom is -0.465 e. The van der Waals surface area contributed by atoms with Crippen molar-refractivity contribution in [3.63, 3.8) is 0 Å². The lowest BCUT2D eigenvalue weighted by atomic mass is 10.0. The van der Waals surface area contributed by atoms with Crippen molar-refractivity contribution in [3.05, 3.63) is 169 Å². The van der Waals surface area contributed by atoms with E-state index < -0.39 is 11.9 Å². The van der Waals surface area contributed by atoms with Gasteiger partial charge in [0.15, 0.2) is 0 Å². The highest BCUT2D eigenvalue weighted by molar-refractivity contribution is 6.07. The molecule has 48 heavy (non-hydrogen) atoms. The number of methoxy groups -OCH3 is 2. The highest BCUT2D eigenvalue weighted by atomic mass is 16.5. The predicted molar refractivity (Wildman–Crippen MR) is 193 cm³/mol. The minimum atomic E-state index is -0.545. The van der Waals surface area contributed by atoms with Gasteiger partial charge in [-0.15, -0.1) is 0 Å². The van der Waals surface area contributed by atoms with Gasteiger partial charge in [-0.1, -0.05) is 97.1 Å². The maximum atomic E-state index is 13.8. The molecular weight excluding hydrogens is 596 g/mol. The van der Waals surface area contributed by atoms with E-state index in [4.69, 9.17) is 9.47 Å². The summed E-state index contributed by atoms with van der Waals surface area (Å²) in [5.74, 6) is -1.09. The average molecular weight is 629 g/mol. The molecular formula is C42H32N2O4. The van der Waals surface area contributed by atoms with Gasteiger partial charge in [0.1, 0.15) is 0 Å². The summed E-state index contributed by atoms with van der Waals surface area (Å²) in [6.45, 7) is 0. The third-order valence-corrected chi connectivity index (χ3v) is 8.42. The number of hydrogen-bond acceptors (Lipinski definition) is 6. The van der Waals surface area contributed by atoms with Crippen LogP contribution in [0.5, 0.6) is 0 Å². The number of ether oxygens (including phenoxy) is 2. The van der Waals surface area contributed by atoms with Gasteiger partial charge in [0.2, 0.25) is 0 Å². The number of benzene rings is 7. The molecule has 6 nitrogen and oxygen atoms in total. The molecule has 0 saturated carbocycles. The maximum Gasteiger partial charge on any atom is 0.340 e. The van der Waals surface area contributed by atoms with E-state index in [1.54, 1.807) is 12.1 Å². The summed E-state index contributed by atoms with van der Waals surface area (Å²) in [5.41, 5.74) is 4.72. The molecule has 0 spiro atoms. The number of carbonyl (C=O) groups excluding carboxylic acids is 2. The Morgan fingerprint density at radius 3 is 1.12 bits per heavy atom. The van der Waals surface area contributed by atoms with E-state index in [-0.39, 0.29) is 11.1 Å². The number of nitrogens with zero attached hydrogens (tertiary/aromatic N) is 2. The summed E-state index contributed by atoms with van der Waals surface area (Å²) in [7, 11) is 2.72. The standard InChI is InChI=1S/C42H32N2O4/c1-47-41(45)37-27-40(44(34-19-7-4-8-20-34)36-24-22-30-14-10-12-16-32(30)26-36)38(42(46)48-2)28-39(37)43(33-17-5-3-6-18-33)35-23-21-29-13-9-11-15-31(29)25-35/h3-28H,1-2H3. The fourth-order valence-electron chi connectivity index (χ4n) is 6.13. The largest absolute Gasteiger partial charge is 0.465 e. The van der Waals surface area contributed by atoms with Gasteiger partial charge in [0.05, 0.1) is 36.7 Å². The third kappa shape index (κ3) is 5.72. The Morgan fingerprint density at radius 2 is 0.750 bits per heavy atom. The molecule has 0 aliphatic heterocycles. The van der Waals surface area contributed by atoms with E-state index in [9.17, 15) is 9.59 Å². The molecule has 7 rings (SSSR count). The van der Waals surface area contributed by atoms with E-state index in [0.29, 0.717) is 11.4 Å². The number of hydrogen-bond donors (Lipinski definition) is 0. The molecule has 0 N–H and O–H groups in total. The number of para-hydroxylation sites is 2. The van der Waals surface area contributed by atoms with E-state index in [1.165, 1.54) is 14.2 Å². The molecule has 6 heteroatoms. The third-order valence-electron chi connectivity index (χ3n) is 8.42. The molecule has 0 fully saturated rings. The van der Waals surface area contributed by atoms with Gasteiger partial charge in [-0.3, -0.25) is 0 Å². The number of esters is 2. The normalized spacial score (nSPS) is 10.9. The quantitative estimate of drug-likeness (QED) is 0.156. The molecule has 234 valence electrons. The van der Waals surface area contributed by atoms with Crippen LogP contribution in [0.25, 0.3) is 21.5 Å². The molecule has 0 amide bonds. The number of fused-ring (bicyclic) bond motifs is 2. The van der Waals surface area contributed by atoms with Crippen LogP contribution < -0.4 is 9.80 Å². The van der Waals surface area contributed by atoms with Crippen molar-refractivity contribution in [2.75, 3.05) is 24.0 Å². The molecule has 0 atom stereocenters. The van der Waals surface area contributed by atoms with Crippen LogP contribution in [0, 0.1) is 0 Å². The van der Waals surface area contributed by atoms with Crippen molar-refractivity contribution < 1.29 is 19.1 Å². The van der Waals surface area contributed by atoms with Crippen molar-refractivity contribution >= 4 is 67.6 Å².